The van der Waals surface area contributed by atoms with Crippen LogP contribution < -0.4 is 0 Å². The fourth-order valence-electron chi connectivity index (χ4n) is 3.28. The standard InChI is InChI=1S/C16H18N4O2/c21-16(20-11-10-19-8-6-13(20)7-9-19)15-18-17-14(22-15)12-4-2-1-3-5-12/h1-5,13H,6-11H2. The van der Waals surface area contributed by atoms with Crippen molar-refractivity contribution >= 4 is 5.91 Å². The summed E-state index contributed by atoms with van der Waals surface area (Å²) in [5.74, 6) is 0.356. The van der Waals surface area contributed by atoms with Crippen LogP contribution in [0.2, 0.25) is 0 Å². The Bertz CT molecular complexity index is 662. The molecule has 0 atom stereocenters. The van der Waals surface area contributed by atoms with E-state index in [0.29, 0.717) is 11.9 Å². The Hall–Kier alpha value is -2.21. The van der Waals surface area contributed by atoms with Gasteiger partial charge in [-0.05, 0) is 25.0 Å². The van der Waals surface area contributed by atoms with E-state index in [1.807, 2.05) is 35.2 Å². The number of benzene rings is 1. The van der Waals surface area contributed by atoms with Crippen LogP contribution in [0.3, 0.4) is 0 Å². The number of rotatable bonds is 2. The second-order valence-electron chi connectivity index (χ2n) is 5.85. The SMILES string of the molecule is O=C(c1nnc(-c2ccccc2)o1)N1CCN2CCC1CC2. The number of hydrogen-bond acceptors (Lipinski definition) is 5. The van der Waals surface area contributed by atoms with Crippen LogP contribution in [0.5, 0.6) is 0 Å². The van der Waals surface area contributed by atoms with Gasteiger partial charge in [0, 0.05) is 37.8 Å². The van der Waals surface area contributed by atoms with Gasteiger partial charge >= 0.3 is 11.8 Å². The molecule has 1 aromatic carbocycles. The normalized spacial score (nSPS) is 24.3. The second-order valence-corrected chi connectivity index (χ2v) is 5.85. The minimum absolute atomic E-state index is 0.0965. The average Bonchev–Trinajstić information content (AvgIpc) is 2.88. The zero-order chi connectivity index (χ0) is 14.9. The first-order valence-corrected chi connectivity index (χ1v) is 7.73. The highest BCUT2D eigenvalue weighted by Gasteiger charge is 2.34. The smallest absolute Gasteiger partial charge is 0.311 e. The topological polar surface area (TPSA) is 62.5 Å². The van der Waals surface area contributed by atoms with E-state index in [1.165, 1.54) is 0 Å². The minimum atomic E-state index is -0.136. The molecule has 3 aliphatic heterocycles. The van der Waals surface area contributed by atoms with Gasteiger partial charge in [-0.3, -0.25) is 4.79 Å². The minimum Gasteiger partial charge on any atom is -0.412 e. The predicted octanol–water partition coefficient (Wildman–Crippen LogP) is 1.66. The Kier molecular flexibility index (Phi) is 3.38. The molecule has 0 N–H and O–H groups in total. The summed E-state index contributed by atoms with van der Waals surface area (Å²) in [6, 6.07) is 9.82. The van der Waals surface area contributed by atoms with Gasteiger partial charge in [0.05, 0.1) is 0 Å². The van der Waals surface area contributed by atoms with Crippen molar-refractivity contribution in [2.24, 2.45) is 0 Å². The first-order valence-electron chi connectivity index (χ1n) is 7.73. The molecule has 5 rings (SSSR count). The van der Waals surface area contributed by atoms with Crippen molar-refractivity contribution in [1.29, 1.82) is 0 Å². The fraction of sp³-hybridized carbons (Fsp3) is 0.438. The van der Waals surface area contributed by atoms with Crippen LogP contribution in [0, 0.1) is 0 Å². The highest BCUT2D eigenvalue weighted by molar-refractivity contribution is 5.90. The number of amides is 1. The van der Waals surface area contributed by atoms with Gasteiger partial charge in [-0.1, -0.05) is 18.2 Å². The summed E-state index contributed by atoms with van der Waals surface area (Å²) in [5.41, 5.74) is 0.831. The molecule has 0 unspecified atom stereocenters. The summed E-state index contributed by atoms with van der Waals surface area (Å²) in [6.45, 7) is 3.83. The molecule has 0 spiro atoms. The molecule has 2 aromatic rings. The molecule has 1 aromatic heterocycles. The van der Waals surface area contributed by atoms with Crippen LogP contribution in [0.15, 0.2) is 34.7 Å². The number of hydrogen-bond donors (Lipinski definition) is 0. The highest BCUT2D eigenvalue weighted by atomic mass is 16.4. The molecular formula is C16H18N4O2. The quantitative estimate of drug-likeness (QED) is 0.843. The fourth-order valence-corrected chi connectivity index (χ4v) is 3.28. The number of fused-ring (bicyclic) bond motifs is 4. The Balaban J connectivity index is 1.57. The second kappa shape index (κ2) is 5.53. The summed E-state index contributed by atoms with van der Waals surface area (Å²) in [5, 5.41) is 7.97. The predicted molar refractivity (Wildman–Crippen MR) is 80.2 cm³/mol. The first kappa shape index (κ1) is 13.5. The van der Waals surface area contributed by atoms with Crippen molar-refractivity contribution in [3.63, 3.8) is 0 Å². The molecule has 6 heteroatoms. The Labute approximate surface area is 128 Å². The van der Waals surface area contributed by atoms with E-state index in [0.717, 1.165) is 44.6 Å². The molecule has 0 aliphatic carbocycles. The largest absolute Gasteiger partial charge is 0.412 e. The summed E-state index contributed by atoms with van der Waals surface area (Å²) in [4.78, 5) is 17.0. The third kappa shape index (κ3) is 2.39. The molecule has 3 fully saturated rings. The summed E-state index contributed by atoms with van der Waals surface area (Å²) in [6.07, 6.45) is 2.07. The van der Waals surface area contributed by atoms with Gasteiger partial charge in [0.25, 0.3) is 0 Å². The molecule has 22 heavy (non-hydrogen) atoms. The molecule has 1 amide bonds. The lowest BCUT2D eigenvalue weighted by molar-refractivity contribution is 0.0645. The third-order valence-electron chi connectivity index (χ3n) is 4.54. The van der Waals surface area contributed by atoms with Crippen molar-refractivity contribution in [2.75, 3.05) is 26.2 Å². The number of aromatic nitrogens is 2. The van der Waals surface area contributed by atoms with Crippen LogP contribution in [0.1, 0.15) is 23.5 Å². The van der Waals surface area contributed by atoms with E-state index in [9.17, 15) is 4.79 Å². The Morgan fingerprint density at radius 3 is 2.59 bits per heavy atom. The van der Waals surface area contributed by atoms with E-state index in [1.54, 1.807) is 0 Å². The van der Waals surface area contributed by atoms with Gasteiger partial charge in [-0.25, -0.2) is 0 Å². The van der Waals surface area contributed by atoms with E-state index in [4.69, 9.17) is 4.42 Å². The van der Waals surface area contributed by atoms with Crippen LogP contribution in [0.25, 0.3) is 11.5 Å². The number of piperidine rings is 1. The number of carbonyl (C=O) groups excluding carboxylic acids is 1. The number of nitrogens with zero attached hydrogens (tertiary/aromatic N) is 4. The maximum absolute atomic E-state index is 12.7. The molecule has 3 saturated heterocycles. The van der Waals surface area contributed by atoms with Crippen molar-refractivity contribution in [1.82, 2.24) is 20.0 Å². The van der Waals surface area contributed by atoms with Gasteiger partial charge in [-0.15, -0.1) is 10.2 Å². The van der Waals surface area contributed by atoms with Gasteiger partial charge in [-0.2, -0.15) is 0 Å². The van der Waals surface area contributed by atoms with Gasteiger partial charge in [0.2, 0.25) is 5.89 Å². The zero-order valence-corrected chi connectivity index (χ0v) is 12.3. The molecule has 0 radical (unpaired) electrons. The first-order chi connectivity index (χ1) is 10.8. The van der Waals surface area contributed by atoms with Gasteiger partial charge in [0.15, 0.2) is 0 Å². The zero-order valence-electron chi connectivity index (χ0n) is 12.3. The van der Waals surface area contributed by atoms with Gasteiger partial charge in [0.1, 0.15) is 0 Å². The van der Waals surface area contributed by atoms with E-state index in [-0.39, 0.29) is 11.8 Å². The van der Waals surface area contributed by atoms with Crippen molar-refractivity contribution in [3.8, 4) is 11.5 Å². The van der Waals surface area contributed by atoms with E-state index < -0.39 is 0 Å². The molecule has 2 bridgehead atoms. The molecule has 4 heterocycles. The lowest BCUT2D eigenvalue weighted by atomic mass is 10.1. The summed E-state index contributed by atoms with van der Waals surface area (Å²) in [7, 11) is 0. The van der Waals surface area contributed by atoms with Gasteiger partial charge < -0.3 is 14.2 Å². The van der Waals surface area contributed by atoms with Crippen molar-refractivity contribution in [2.45, 2.75) is 18.9 Å². The third-order valence-corrected chi connectivity index (χ3v) is 4.54. The van der Waals surface area contributed by atoms with Crippen molar-refractivity contribution in [3.05, 3.63) is 36.2 Å². The Morgan fingerprint density at radius 2 is 1.82 bits per heavy atom. The van der Waals surface area contributed by atoms with Crippen molar-refractivity contribution < 1.29 is 9.21 Å². The molecule has 6 nitrogen and oxygen atoms in total. The summed E-state index contributed by atoms with van der Waals surface area (Å²) >= 11 is 0. The lowest BCUT2D eigenvalue weighted by Gasteiger charge is -2.30. The molecular weight excluding hydrogens is 280 g/mol. The van der Waals surface area contributed by atoms with E-state index >= 15 is 0 Å². The van der Waals surface area contributed by atoms with Crippen LogP contribution in [-0.2, 0) is 0 Å². The van der Waals surface area contributed by atoms with Crippen LogP contribution >= 0.6 is 0 Å². The maximum Gasteiger partial charge on any atom is 0.311 e. The van der Waals surface area contributed by atoms with Crippen LogP contribution in [0.4, 0.5) is 0 Å². The maximum atomic E-state index is 12.7. The molecule has 0 saturated carbocycles. The monoisotopic (exact) mass is 298 g/mol. The summed E-state index contributed by atoms with van der Waals surface area (Å²) < 4.78 is 5.60. The average molecular weight is 298 g/mol. The molecule has 114 valence electrons. The molecule has 3 aliphatic rings. The number of carbonyl (C=O) groups is 1. The van der Waals surface area contributed by atoms with Crippen LogP contribution in [-0.4, -0.2) is 58.1 Å². The Morgan fingerprint density at radius 1 is 1.05 bits per heavy atom. The van der Waals surface area contributed by atoms with E-state index in [2.05, 4.69) is 15.1 Å². The highest BCUT2D eigenvalue weighted by Crippen LogP contribution is 2.23. The lowest BCUT2D eigenvalue weighted by Crippen LogP contribution is -2.41.